The molecule has 0 saturated carbocycles. The molecule has 0 bridgehead atoms. The largest absolute Gasteiger partial charge is 0.474 e. The summed E-state index contributed by atoms with van der Waals surface area (Å²) in [5.41, 5.74) is 2.81. The van der Waals surface area contributed by atoms with Crippen molar-refractivity contribution >= 4 is 11.6 Å². The molecule has 0 aliphatic carbocycles. The van der Waals surface area contributed by atoms with E-state index in [9.17, 15) is 4.79 Å². The monoisotopic (exact) mass is 253 g/mol. The van der Waals surface area contributed by atoms with Crippen LogP contribution in [0.1, 0.15) is 17.2 Å². The first-order valence-electron chi connectivity index (χ1n) is 6.27. The molecule has 3 rings (SSSR count). The van der Waals surface area contributed by atoms with E-state index in [0.29, 0.717) is 0 Å². The number of aryl methyl sites for hydroxylation is 1. The number of nitrogens with zero attached hydrogens (tertiary/aromatic N) is 1. The van der Waals surface area contributed by atoms with Gasteiger partial charge < -0.3 is 9.64 Å². The molecule has 2 aromatic carbocycles. The maximum Gasteiger partial charge on any atom is 0.272 e. The van der Waals surface area contributed by atoms with Gasteiger partial charge in [-0.3, -0.25) is 4.79 Å². The van der Waals surface area contributed by atoms with Crippen LogP contribution in [0.4, 0.5) is 5.69 Å². The fourth-order valence-electron chi connectivity index (χ4n) is 2.38. The van der Waals surface area contributed by atoms with Crippen molar-refractivity contribution in [2.24, 2.45) is 0 Å². The Morgan fingerprint density at radius 3 is 2.53 bits per heavy atom. The quantitative estimate of drug-likeness (QED) is 0.781. The highest BCUT2D eigenvalue weighted by molar-refractivity contribution is 6.00. The maximum absolute atomic E-state index is 12.4. The molecule has 1 heterocycles. The molecule has 0 N–H and O–H groups in total. The summed E-state index contributed by atoms with van der Waals surface area (Å²) < 4.78 is 5.89. The van der Waals surface area contributed by atoms with Gasteiger partial charge in [0.2, 0.25) is 6.10 Å². The molecule has 0 aromatic heterocycles. The Bertz CT molecular complexity index is 636. The van der Waals surface area contributed by atoms with E-state index < -0.39 is 6.10 Å². The van der Waals surface area contributed by atoms with Gasteiger partial charge in [-0.1, -0.05) is 36.4 Å². The summed E-state index contributed by atoms with van der Waals surface area (Å²) in [5.74, 6) is 0.714. The van der Waals surface area contributed by atoms with Gasteiger partial charge in [0.05, 0.1) is 5.69 Å². The number of hydrogen-bond acceptors (Lipinski definition) is 2. The zero-order valence-electron chi connectivity index (χ0n) is 11.0. The van der Waals surface area contributed by atoms with Crippen molar-refractivity contribution in [1.82, 2.24) is 0 Å². The Hall–Kier alpha value is -2.29. The third-order valence-corrected chi connectivity index (χ3v) is 3.50. The summed E-state index contributed by atoms with van der Waals surface area (Å²) in [6.45, 7) is 1.99. The van der Waals surface area contributed by atoms with Gasteiger partial charge in [0.25, 0.3) is 5.91 Å². The van der Waals surface area contributed by atoms with Gasteiger partial charge in [-0.2, -0.15) is 0 Å². The van der Waals surface area contributed by atoms with Crippen LogP contribution in [0.5, 0.6) is 5.75 Å². The zero-order valence-corrected chi connectivity index (χ0v) is 11.0. The molecule has 0 fully saturated rings. The average Bonchev–Trinajstić information content (AvgIpc) is 2.44. The second-order valence-corrected chi connectivity index (χ2v) is 4.72. The first kappa shape index (κ1) is 11.8. The van der Waals surface area contributed by atoms with Crippen LogP contribution in [-0.4, -0.2) is 13.0 Å². The van der Waals surface area contributed by atoms with E-state index >= 15 is 0 Å². The highest BCUT2D eigenvalue weighted by Crippen LogP contribution is 2.38. The molecule has 1 aliphatic heterocycles. The van der Waals surface area contributed by atoms with E-state index in [1.54, 1.807) is 11.9 Å². The first-order valence-corrected chi connectivity index (χ1v) is 6.27. The number of hydrogen-bond donors (Lipinski definition) is 0. The normalized spacial score (nSPS) is 17.9. The van der Waals surface area contributed by atoms with Crippen molar-refractivity contribution in [3.63, 3.8) is 0 Å². The number of carbonyl (C=O) groups is 1. The zero-order chi connectivity index (χ0) is 13.4. The van der Waals surface area contributed by atoms with E-state index in [1.165, 1.54) is 0 Å². The number of rotatable bonds is 1. The van der Waals surface area contributed by atoms with Gasteiger partial charge in [-0.25, -0.2) is 0 Å². The van der Waals surface area contributed by atoms with Crippen LogP contribution in [0.25, 0.3) is 0 Å². The van der Waals surface area contributed by atoms with Gasteiger partial charge in [0, 0.05) is 12.6 Å². The minimum atomic E-state index is -0.555. The third-order valence-electron chi connectivity index (χ3n) is 3.50. The number of likely N-dealkylation sites (N-methyl/N-ethyl adjacent to an activating group) is 1. The highest BCUT2D eigenvalue weighted by Gasteiger charge is 2.33. The number of fused-ring (bicyclic) bond motifs is 1. The Kier molecular flexibility index (Phi) is 2.75. The van der Waals surface area contributed by atoms with Gasteiger partial charge in [-0.15, -0.1) is 0 Å². The summed E-state index contributed by atoms with van der Waals surface area (Å²) >= 11 is 0. The Labute approximate surface area is 112 Å². The lowest BCUT2D eigenvalue weighted by molar-refractivity contribution is -0.126. The lowest BCUT2D eigenvalue weighted by Gasteiger charge is -2.32. The summed E-state index contributed by atoms with van der Waals surface area (Å²) in [5, 5.41) is 0. The SMILES string of the molecule is Cc1ccccc1C1Oc2ccccc2N(C)C1=O. The number of amides is 1. The molecule has 1 unspecified atom stereocenters. The highest BCUT2D eigenvalue weighted by atomic mass is 16.5. The second-order valence-electron chi connectivity index (χ2n) is 4.72. The van der Waals surface area contributed by atoms with Crippen molar-refractivity contribution in [3.05, 3.63) is 59.7 Å². The first-order chi connectivity index (χ1) is 9.18. The van der Waals surface area contributed by atoms with Crippen LogP contribution in [0.2, 0.25) is 0 Å². The van der Waals surface area contributed by atoms with E-state index in [1.807, 2.05) is 55.5 Å². The average molecular weight is 253 g/mol. The van der Waals surface area contributed by atoms with Crippen molar-refractivity contribution in [2.75, 3.05) is 11.9 Å². The number of benzene rings is 2. The van der Waals surface area contributed by atoms with Crippen molar-refractivity contribution < 1.29 is 9.53 Å². The van der Waals surface area contributed by atoms with Crippen LogP contribution < -0.4 is 9.64 Å². The summed E-state index contributed by atoms with van der Waals surface area (Å²) in [4.78, 5) is 14.1. The van der Waals surface area contributed by atoms with Gasteiger partial charge in [0.15, 0.2) is 0 Å². The van der Waals surface area contributed by atoms with Crippen LogP contribution in [0.15, 0.2) is 48.5 Å². The summed E-state index contributed by atoms with van der Waals surface area (Å²) in [6.07, 6.45) is -0.555. The molecule has 1 amide bonds. The van der Waals surface area contributed by atoms with E-state index in [4.69, 9.17) is 4.74 Å². The molecule has 0 radical (unpaired) electrons. The lowest BCUT2D eigenvalue weighted by Crippen LogP contribution is -2.38. The van der Waals surface area contributed by atoms with E-state index in [2.05, 4.69) is 0 Å². The molecule has 1 atom stereocenters. The predicted octanol–water partition coefficient (Wildman–Crippen LogP) is 3.09. The summed E-state index contributed by atoms with van der Waals surface area (Å²) in [7, 11) is 1.79. The molecule has 96 valence electrons. The number of anilines is 1. The smallest absolute Gasteiger partial charge is 0.272 e. The molecule has 3 heteroatoms. The lowest BCUT2D eigenvalue weighted by atomic mass is 10.0. The van der Waals surface area contributed by atoms with E-state index in [-0.39, 0.29) is 5.91 Å². The molecule has 0 spiro atoms. The van der Waals surface area contributed by atoms with Crippen LogP contribution in [0, 0.1) is 6.92 Å². The topological polar surface area (TPSA) is 29.5 Å². The summed E-state index contributed by atoms with van der Waals surface area (Å²) in [6, 6.07) is 15.4. The van der Waals surface area contributed by atoms with E-state index in [0.717, 1.165) is 22.6 Å². The van der Waals surface area contributed by atoms with Gasteiger partial charge >= 0.3 is 0 Å². The standard InChI is InChI=1S/C16H15NO2/c1-11-7-3-4-8-12(11)15-16(18)17(2)13-9-5-6-10-14(13)19-15/h3-10,15H,1-2H3. The number of carbonyl (C=O) groups excluding carboxylic acids is 1. The van der Waals surface area contributed by atoms with Crippen molar-refractivity contribution in [3.8, 4) is 5.75 Å². The molecule has 0 saturated heterocycles. The van der Waals surface area contributed by atoms with Gasteiger partial charge in [-0.05, 0) is 24.6 Å². The molecule has 19 heavy (non-hydrogen) atoms. The molecule has 1 aliphatic rings. The van der Waals surface area contributed by atoms with Gasteiger partial charge in [0.1, 0.15) is 5.75 Å². The van der Waals surface area contributed by atoms with Crippen molar-refractivity contribution in [1.29, 1.82) is 0 Å². The number of para-hydroxylation sites is 2. The predicted molar refractivity (Wildman–Crippen MR) is 74.4 cm³/mol. The third kappa shape index (κ3) is 1.87. The second kappa shape index (κ2) is 4.43. The minimum Gasteiger partial charge on any atom is -0.474 e. The molecule has 3 nitrogen and oxygen atoms in total. The Balaban J connectivity index is 2.07. The van der Waals surface area contributed by atoms with Crippen LogP contribution in [0.3, 0.4) is 0 Å². The molecular formula is C16H15NO2. The van der Waals surface area contributed by atoms with Crippen LogP contribution in [-0.2, 0) is 4.79 Å². The molecule has 2 aromatic rings. The number of ether oxygens (including phenoxy) is 1. The fourth-order valence-corrected chi connectivity index (χ4v) is 2.38. The fraction of sp³-hybridized carbons (Fsp3) is 0.188. The Morgan fingerprint density at radius 1 is 1.05 bits per heavy atom. The molecular weight excluding hydrogens is 238 g/mol. The Morgan fingerprint density at radius 2 is 1.74 bits per heavy atom. The van der Waals surface area contributed by atoms with Crippen molar-refractivity contribution in [2.45, 2.75) is 13.0 Å². The van der Waals surface area contributed by atoms with Crippen LogP contribution >= 0.6 is 0 Å². The minimum absolute atomic E-state index is 0.0343. The maximum atomic E-state index is 12.4.